The van der Waals surface area contributed by atoms with Crippen LogP contribution in [0.2, 0.25) is 0 Å². The number of hydrogen-bond acceptors (Lipinski definition) is 3. The highest BCUT2D eigenvalue weighted by molar-refractivity contribution is 5.95. The molecule has 1 rings (SSSR count). The lowest BCUT2D eigenvalue weighted by Gasteiger charge is -2.11. The van der Waals surface area contributed by atoms with Gasteiger partial charge in [-0.05, 0) is 30.7 Å². The summed E-state index contributed by atoms with van der Waals surface area (Å²) < 4.78 is 0. The zero-order valence-electron chi connectivity index (χ0n) is 12.7. The Morgan fingerprint density at radius 2 is 2.00 bits per heavy atom. The number of aryl methyl sites for hydroxylation is 1. The maximum atomic E-state index is 12.1. The van der Waals surface area contributed by atoms with Crippen LogP contribution in [0.25, 0.3) is 0 Å². The Bertz CT molecular complexity index is 583. The molecule has 0 unspecified atom stereocenters. The van der Waals surface area contributed by atoms with Crippen LogP contribution in [-0.4, -0.2) is 43.9 Å². The summed E-state index contributed by atoms with van der Waals surface area (Å²) in [7, 11) is 3.38. The van der Waals surface area contributed by atoms with Crippen molar-refractivity contribution in [3.8, 4) is 11.8 Å². The van der Waals surface area contributed by atoms with E-state index >= 15 is 0 Å². The molecular formula is C16H21N3O2. The first-order valence-electron chi connectivity index (χ1n) is 6.73. The molecule has 0 fully saturated rings. The van der Waals surface area contributed by atoms with E-state index in [1.807, 2.05) is 13.0 Å². The van der Waals surface area contributed by atoms with E-state index in [-0.39, 0.29) is 24.8 Å². The van der Waals surface area contributed by atoms with Crippen LogP contribution < -0.4 is 11.1 Å². The predicted molar refractivity (Wildman–Crippen MR) is 82.8 cm³/mol. The minimum absolute atomic E-state index is 0.0194. The molecule has 2 amide bonds. The van der Waals surface area contributed by atoms with E-state index in [0.717, 1.165) is 11.1 Å². The average Bonchev–Trinajstić information content (AvgIpc) is 2.44. The zero-order valence-corrected chi connectivity index (χ0v) is 12.7. The van der Waals surface area contributed by atoms with Crippen molar-refractivity contribution >= 4 is 11.8 Å². The second-order valence-corrected chi connectivity index (χ2v) is 4.89. The van der Waals surface area contributed by atoms with E-state index in [4.69, 9.17) is 5.73 Å². The topological polar surface area (TPSA) is 75.4 Å². The van der Waals surface area contributed by atoms with Gasteiger partial charge in [-0.3, -0.25) is 9.59 Å². The monoisotopic (exact) mass is 287 g/mol. The van der Waals surface area contributed by atoms with Gasteiger partial charge in [0, 0.05) is 38.2 Å². The number of nitrogens with one attached hydrogen (secondary N) is 1. The third kappa shape index (κ3) is 5.67. The lowest BCUT2D eigenvalue weighted by atomic mass is 10.1. The number of carbonyl (C=O) groups excluding carboxylic acids is 2. The molecule has 1 aromatic rings. The van der Waals surface area contributed by atoms with Crippen LogP contribution in [0.15, 0.2) is 18.2 Å². The van der Waals surface area contributed by atoms with Crippen molar-refractivity contribution in [2.45, 2.75) is 13.3 Å². The Morgan fingerprint density at radius 3 is 2.62 bits per heavy atom. The Morgan fingerprint density at radius 1 is 1.29 bits per heavy atom. The molecule has 0 aliphatic carbocycles. The van der Waals surface area contributed by atoms with Crippen LogP contribution in [0.3, 0.4) is 0 Å². The van der Waals surface area contributed by atoms with Crippen LogP contribution in [0.1, 0.15) is 27.9 Å². The highest BCUT2D eigenvalue weighted by Gasteiger charge is 2.09. The van der Waals surface area contributed by atoms with E-state index < -0.39 is 0 Å². The van der Waals surface area contributed by atoms with Crippen molar-refractivity contribution in [3.05, 3.63) is 34.9 Å². The van der Waals surface area contributed by atoms with Crippen molar-refractivity contribution in [2.24, 2.45) is 5.73 Å². The van der Waals surface area contributed by atoms with Gasteiger partial charge in [-0.1, -0.05) is 11.8 Å². The van der Waals surface area contributed by atoms with Crippen LogP contribution in [-0.2, 0) is 4.79 Å². The Hall–Kier alpha value is -2.32. The van der Waals surface area contributed by atoms with Gasteiger partial charge >= 0.3 is 0 Å². The van der Waals surface area contributed by atoms with Crippen molar-refractivity contribution in [1.29, 1.82) is 0 Å². The molecule has 0 atom stereocenters. The van der Waals surface area contributed by atoms with Gasteiger partial charge in [0.05, 0.1) is 6.54 Å². The third-order valence-corrected chi connectivity index (χ3v) is 2.80. The van der Waals surface area contributed by atoms with Crippen molar-refractivity contribution < 1.29 is 9.59 Å². The van der Waals surface area contributed by atoms with Gasteiger partial charge in [0.2, 0.25) is 5.91 Å². The van der Waals surface area contributed by atoms with Gasteiger partial charge in [0.1, 0.15) is 0 Å². The van der Waals surface area contributed by atoms with Gasteiger partial charge in [-0.25, -0.2) is 0 Å². The quantitative estimate of drug-likeness (QED) is 0.792. The van der Waals surface area contributed by atoms with E-state index in [0.29, 0.717) is 12.1 Å². The second-order valence-electron chi connectivity index (χ2n) is 4.89. The molecule has 0 bridgehead atoms. The molecule has 0 aromatic heterocycles. The maximum Gasteiger partial charge on any atom is 0.251 e. The van der Waals surface area contributed by atoms with Crippen LogP contribution in [0.5, 0.6) is 0 Å². The molecule has 0 saturated carbocycles. The van der Waals surface area contributed by atoms with Gasteiger partial charge in [0.25, 0.3) is 5.91 Å². The summed E-state index contributed by atoms with van der Waals surface area (Å²) in [5.41, 5.74) is 7.59. The molecule has 0 spiro atoms. The molecule has 0 radical (unpaired) electrons. The van der Waals surface area contributed by atoms with Gasteiger partial charge in [0.15, 0.2) is 0 Å². The minimum atomic E-state index is -0.207. The van der Waals surface area contributed by atoms with Gasteiger partial charge in [-0.15, -0.1) is 0 Å². The molecule has 3 N–H and O–H groups in total. The molecule has 5 heteroatoms. The fraction of sp³-hybridized carbons (Fsp3) is 0.375. The van der Waals surface area contributed by atoms with E-state index in [9.17, 15) is 9.59 Å². The molecule has 1 aromatic carbocycles. The van der Waals surface area contributed by atoms with Crippen LogP contribution >= 0.6 is 0 Å². The minimum Gasteiger partial charge on any atom is -0.352 e. The summed E-state index contributed by atoms with van der Waals surface area (Å²) >= 11 is 0. The van der Waals surface area contributed by atoms with Crippen molar-refractivity contribution in [3.63, 3.8) is 0 Å². The number of amides is 2. The molecule has 5 nitrogen and oxygen atoms in total. The predicted octanol–water partition coefficient (Wildman–Crippen LogP) is 0.513. The fourth-order valence-corrected chi connectivity index (χ4v) is 1.75. The molecule has 112 valence electrons. The summed E-state index contributed by atoms with van der Waals surface area (Å²) in [6.45, 7) is 2.50. The highest BCUT2D eigenvalue weighted by Crippen LogP contribution is 2.09. The van der Waals surface area contributed by atoms with E-state index in [1.165, 1.54) is 4.90 Å². The fourth-order valence-electron chi connectivity index (χ4n) is 1.75. The summed E-state index contributed by atoms with van der Waals surface area (Å²) in [4.78, 5) is 25.0. The first kappa shape index (κ1) is 16.7. The number of hydrogen-bond donors (Lipinski definition) is 2. The van der Waals surface area contributed by atoms with Gasteiger partial charge < -0.3 is 16.0 Å². The highest BCUT2D eigenvalue weighted by atomic mass is 16.2. The Labute approximate surface area is 125 Å². The molecular weight excluding hydrogens is 266 g/mol. The number of benzene rings is 1. The molecule has 0 aliphatic heterocycles. The van der Waals surface area contributed by atoms with E-state index in [1.54, 1.807) is 26.2 Å². The molecule has 0 heterocycles. The maximum absolute atomic E-state index is 12.1. The first-order chi connectivity index (χ1) is 9.93. The standard InChI is InChI=1S/C16H21N3O2/c1-12-9-13(5-4-7-17)11-14(10-12)16(21)18-8-6-15(20)19(2)3/h9-11H,6-8,17H2,1-3H3,(H,18,21). The average molecular weight is 287 g/mol. The number of nitrogens with two attached hydrogens (primary N) is 1. The summed E-state index contributed by atoms with van der Waals surface area (Å²) in [5.74, 6) is 5.45. The van der Waals surface area contributed by atoms with Crippen molar-refractivity contribution in [2.75, 3.05) is 27.2 Å². The Balaban J connectivity index is 2.70. The van der Waals surface area contributed by atoms with Crippen molar-refractivity contribution in [1.82, 2.24) is 10.2 Å². The summed E-state index contributed by atoms with van der Waals surface area (Å²) in [5, 5.41) is 2.74. The van der Waals surface area contributed by atoms with E-state index in [2.05, 4.69) is 17.2 Å². The van der Waals surface area contributed by atoms with Gasteiger partial charge in [-0.2, -0.15) is 0 Å². The first-order valence-corrected chi connectivity index (χ1v) is 6.73. The lowest BCUT2D eigenvalue weighted by molar-refractivity contribution is -0.128. The molecule has 21 heavy (non-hydrogen) atoms. The second kappa shape index (κ2) is 8.08. The number of rotatable bonds is 4. The smallest absolute Gasteiger partial charge is 0.251 e. The number of carbonyl (C=O) groups is 2. The normalized spacial score (nSPS) is 9.52. The summed E-state index contributed by atoms with van der Waals surface area (Å²) in [6, 6.07) is 5.41. The summed E-state index contributed by atoms with van der Waals surface area (Å²) in [6.07, 6.45) is 0.282. The largest absolute Gasteiger partial charge is 0.352 e. The lowest BCUT2D eigenvalue weighted by Crippen LogP contribution is -2.30. The number of nitrogens with zero attached hydrogens (tertiary/aromatic N) is 1. The third-order valence-electron chi connectivity index (χ3n) is 2.80. The Kier molecular flexibility index (Phi) is 6.44. The van der Waals surface area contributed by atoms with Crippen LogP contribution in [0, 0.1) is 18.8 Å². The molecule has 0 aliphatic rings. The SMILES string of the molecule is Cc1cc(C#CCN)cc(C(=O)NCCC(=O)N(C)C)c1. The van der Waals surface area contributed by atoms with Crippen LogP contribution in [0.4, 0.5) is 0 Å². The zero-order chi connectivity index (χ0) is 15.8. The molecule has 0 saturated heterocycles.